The van der Waals surface area contributed by atoms with Gasteiger partial charge in [0.2, 0.25) is 0 Å². The second kappa shape index (κ2) is 3.39. The van der Waals surface area contributed by atoms with E-state index in [-0.39, 0.29) is 5.60 Å². The standard InChI is InChI=1S/C13H18O/c1-10-5-3-4-6-12(10)7-8-13(14)9-11(13)2/h3-6,11,14H,7-9H2,1-2H3. The Labute approximate surface area is 85.8 Å². The van der Waals surface area contributed by atoms with Crippen molar-refractivity contribution in [2.24, 2.45) is 5.92 Å². The van der Waals surface area contributed by atoms with Crippen LogP contribution in [0.3, 0.4) is 0 Å². The highest BCUT2D eigenvalue weighted by Gasteiger charge is 2.48. The predicted octanol–water partition coefficient (Wildman–Crippen LogP) is 2.70. The van der Waals surface area contributed by atoms with Gasteiger partial charge in [0, 0.05) is 0 Å². The topological polar surface area (TPSA) is 20.2 Å². The second-order valence-electron chi connectivity index (χ2n) is 4.64. The monoisotopic (exact) mass is 190 g/mol. The van der Waals surface area contributed by atoms with E-state index in [0.717, 1.165) is 19.3 Å². The highest BCUT2D eigenvalue weighted by atomic mass is 16.3. The first-order valence-corrected chi connectivity index (χ1v) is 5.39. The fourth-order valence-electron chi connectivity index (χ4n) is 2.06. The summed E-state index contributed by atoms with van der Waals surface area (Å²) in [6.45, 7) is 4.26. The SMILES string of the molecule is Cc1ccccc1CCC1(O)CC1C. The molecule has 1 aliphatic rings. The van der Waals surface area contributed by atoms with Crippen molar-refractivity contribution in [2.45, 2.75) is 38.7 Å². The molecule has 1 aliphatic carbocycles. The van der Waals surface area contributed by atoms with Crippen LogP contribution >= 0.6 is 0 Å². The van der Waals surface area contributed by atoms with E-state index >= 15 is 0 Å². The zero-order valence-corrected chi connectivity index (χ0v) is 8.96. The summed E-state index contributed by atoms with van der Waals surface area (Å²) in [6.07, 6.45) is 2.91. The fraction of sp³-hybridized carbons (Fsp3) is 0.538. The molecule has 2 rings (SSSR count). The van der Waals surface area contributed by atoms with Gasteiger partial charge in [0.15, 0.2) is 0 Å². The van der Waals surface area contributed by atoms with E-state index in [1.165, 1.54) is 11.1 Å². The van der Waals surface area contributed by atoms with Crippen molar-refractivity contribution < 1.29 is 5.11 Å². The van der Waals surface area contributed by atoms with Crippen LogP contribution in [0, 0.1) is 12.8 Å². The summed E-state index contributed by atoms with van der Waals surface area (Å²) >= 11 is 0. The van der Waals surface area contributed by atoms with Crippen LogP contribution in [-0.4, -0.2) is 10.7 Å². The molecule has 1 fully saturated rings. The van der Waals surface area contributed by atoms with E-state index in [1.807, 2.05) is 0 Å². The van der Waals surface area contributed by atoms with Crippen molar-refractivity contribution in [1.29, 1.82) is 0 Å². The Morgan fingerprint density at radius 1 is 1.43 bits per heavy atom. The normalized spacial score (nSPS) is 30.4. The Balaban J connectivity index is 1.96. The molecule has 1 nitrogen and oxygen atoms in total. The maximum absolute atomic E-state index is 9.95. The zero-order chi connectivity index (χ0) is 10.2. The van der Waals surface area contributed by atoms with Crippen molar-refractivity contribution in [3.05, 3.63) is 35.4 Å². The molecule has 2 atom stereocenters. The lowest BCUT2D eigenvalue weighted by atomic mass is 10.0. The molecule has 1 heteroatoms. The highest BCUT2D eigenvalue weighted by molar-refractivity contribution is 5.26. The molecule has 1 saturated carbocycles. The number of benzene rings is 1. The number of rotatable bonds is 3. The first-order valence-electron chi connectivity index (χ1n) is 5.39. The molecule has 0 spiro atoms. The zero-order valence-electron chi connectivity index (χ0n) is 8.96. The van der Waals surface area contributed by atoms with Gasteiger partial charge in [-0.2, -0.15) is 0 Å². The molecule has 0 amide bonds. The number of aliphatic hydroxyl groups is 1. The van der Waals surface area contributed by atoms with Gasteiger partial charge < -0.3 is 5.11 Å². The van der Waals surface area contributed by atoms with Crippen LogP contribution in [0.25, 0.3) is 0 Å². The number of hydrogen-bond acceptors (Lipinski definition) is 1. The summed E-state index contributed by atoms with van der Waals surface area (Å²) in [4.78, 5) is 0. The van der Waals surface area contributed by atoms with Crippen molar-refractivity contribution in [1.82, 2.24) is 0 Å². The van der Waals surface area contributed by atoms with E-state index in [0.29, 0.717) is 5.92 Å². The minimum absolute atomic E-state index is 0.345. The van der Waals surface area contributed by atoms with Gasteiger partial charge in [0.05, 0.1) is 5.60 Å². The lowest BCUT2D eigenvalue weighted by Gasteiger charge is -2.10. The first kappa shape index (κ1) is 9.72. The van der Waals surface area contributed by atoms with Crippen LogP contribution in [0.5, 0.6) is 0 Å². The van der Waals surface area contributed by atoms with Gasteiger partial charge >= 0.3 is 0 Å². The Kier molecular flexibility index (Phi) is 2.36. The van der Waals surface area contributed by atoms with Crippen LogP contribution in [0.15, 0.2) is 24.3 Å². The van der Waals surface area contributed by atoms with E-state index in [2.05, 4.69) is 38.1 Å². The predicted molar refractivity (Wildman–Crippen MR) is 58.2 cm³/mol. The summed E-state index contributed by atoms with van der Waals surface area (Å²) in [5.74, 6) is 0.506. The molecule has 1 aromatic rings. The van der Waals surface area contributed by atoms with Crippen LogP contribution in [0.2, 0.25) is 0 Å². The molecule has 14 heavy (non-hydrogen) atoms. The van der Waals surface area contributed by atoms with Crippen molar-refractivity contribution >= 4 is 0 Å². The summed E-state index contributed by atoms with van der Waals surface area (Å²) < 4.78 is 0. The molecule has 0 saturated heterocycles. The smallest absolute Gasteiger partial charge is 0.0681 e. The summed E-state index contributed by atoms with van der Waals surface area (Å²) in [7, 11) is 0. The van der Waals surface area contributed by atoms with E-state index in [9.17, 15) is 5.11 Å². The molecular weight excluding hydrogens is 172 g/mol. The molecule has 76 valence electrons. The van der Waals surface area contributed by atoms with Crippen molar-refractivity contribution in [3.63, 3.8) is 0 Å². The third kappa shape index (κ3) is 1.83. The average molecular weight is 190 g/mol. The van der Waals surface area contributed by atoms with Gasteiger partial charge in [-0.1, -0.05) is 31.2 Å². The molecule has 0 radical (unpaired) electrons. The van der Waals surface area contributed by atoms with Crippen LogP contribution in [-0.2, 0) is 6.42 Å². The van der Waals surface area contributed by atoms with Gasteiger partial charge in [-0.15, -0.1) is 0 Å². The molecular formula is C13H18O. The summed E-state index contributed by atoms with van der Waals surface area (Å²) in [5, 5.41) is 9.95. The lowest BCUT2D eigenvalue weighted by Crippen LogP contribution is -2.11. The fourth-order valence-corrected chi connectivity index (χ4v) is 2.06. The van der Waals surface area contributed by atoms with E-state index < -0.39 is 0 Å². The Morgan fingerprint density at radius 2 is 2.07 bits per heavy atom. The van der Waals surface area contributed by atoms with Crippen LogP contribution < -0.4 is 0 Å². The van der Waals surface area contributed by atoms with E-state index in [1.54, 1.807) is 0 Å². The molecule has 0 bridgehead atoms. The third-order valence-electron chi connectivity index (χ3n) is 3.51. The van der Waals surface area contributed by atoms with Gasteiger partial charge in [0.1, 0.15) is 0 Å². The average Bonchev–Trinajstić information content (AvgIpc) is 2.74. The Bertz CT molecular complexity index is 332. The van der Waals surface area contributed by atoms with Crippen molar-refractivity contribution in [2.75, 3.05) is 0 Å². The maximum atomic E-state index is 9.95. The Morgan fingerprint density at radius 3 is 2.64 bits per heavy atom. The summed E-state index contributed by atoms with van der Waals surface area (Å²) in [5.41, 5.74) is 2.37. The van der Waals surface area contributed by atoms with Crippen LogP contribution in [0.4, 0.5) is 0 Å². The minimum Gasteiger partial charge on any atom is -0.390 e. The first-order chi connectivity index (χ1) is 6.62. The number of aryl methyl sites for hydroxylation is 2. The van der Waals surface area contributed by atoms with Gasteiger partial charge in [0.25, 0.3) is 0 Å². The number of hydrogen-bond donors (Lipinski definition) is 1. The molecule has 1 N–H and O–H groups in total. The highest BCUT2D eigenvalue weighted by Crippen LogP contribution is 2.46. The maximum Gasteiger partial charge on any atom is 0.0681 e. The van der Waals surface area contributed by atoms with Crippen LogP contribution in [0.1, 0.15) is 30.9 Å². The quantitative estimate of drug-likeness (QED) is 0.777. The molecule has 0 heterocycles. The third-order valence-corrected chi connectivity index (χ3v) is 3.51. The second-order valence-corrected chi connectivity index (χ2v) is 4.64. The largest absolute Gasteiger partial charge is 0.390 e. The molecule has 1 aromatic carbocycles. The molecule has 2 unspecified atom stereocenters. The molecule has 0 aliphatic heterocycles. The molecule has 0 aromatic heterocycles. The van der Waals surface area contributed by atoms with Gasteiger partial charge in [-0.25, -0.2) is 0 Å². The van der Waals surface area contributed by atoms with Gasteiger partial charge in [-0.3, -0.25) is 0 Å². The lowest BCUT2D eigenvalue weighted by molar-refractivity contribution is 0.124. The minimum atomic E-state index is -0.345. The van der Waals surface area contributed by atoms with Crippen molar-refractivity contribution in [3.8, 4) is 0 Å². The summed E-state index contributed by atoms with van der Waals surface area (Å²) in [6, 6.07) is 8.43. The van der Waals surface area contributed by atoms with E-state index in [4.69, 9.17) is 0 Å². The Hall–Kier alpha value is -0.820. The van der Waals surface area contributed by atoms with Gasteiger partial charge in [-0.05, 0) is 43.2 Å².